The molecule has 1 saturated heterocycles. The molecular formula is C12H12N2O4. The largest absolute Gasteiger partial charge is 0.480 e. The van der Waals surface area contributed by atoms with Gasteiger partial charge < -0.3 is 5.11 Å². The van der Waals surface area contributed by atoms with Crippen molar-refractivity contribution >= 4 is 17.8 Å². The monoisotopic (exact) mass is 248 g/mol. The maximum Gasteiger partial charge on any atom is 0.323 e. The van der Waals surface area contributed by atoms with Gasteiger partial charge in [0.2, 0.25) is 11.8 Å². The van der Waals surface area contributed by atoms with Crippen molar-refractivity contribution in [2.45, 2.75) is 18.8 Å². The molecule has 94 valence electrons. The number of likely N-dealkylation sites (tertiary alicyclic amines) is 1. The van der Waals surface area contributed by atoms with Crippen molar-refractivity contribution in [1.82, 2.24) is 9.88 Å². The summed E-state index contributed by atoms with van der Waals surface area (Å²) in [6.45, 7) is -0.558. The summed E-state index contributed by atoms with van der Waals surface area (Å²) in [4.78, 5) is 38.8. The average Bonchev–Trinajstić information content (AvgIpc) is 2.34. The third kappa shape index (κ3) is 2.53. The first-order chi connectivity index (χ1) is 8.58. The molecule has 1 aliphatic heterocycles. The van der Waals surface area contributed by atoms with Gasteiger partial charge >= 0.3 is 5.97 Å². The molecule has 18 heavy (non-hydrogen) atoms. The van der Waals surface area contributed by atoms with Crippen LogP contribution in [-0.4, -0.2) is 39.3 Å². The van der Waals surface area contributed by atoms with E-state index in [1.807, 2.05) is 6.07 Å². The molecule has 0 radical (unpaired) electrons. The molecule has 0 spiro atoms. The molecule has 0 atom stereocenters. The van der Waals surface area contributed by atoms with Gasteiger partial charge in [-0.25, -0.2) is 0 Å². The number of imide groups is 1. The van der Waals surface area contributed by atoms with E-state index in [0.29, 0.717) is 0 Å². The molecule has 2 amide bonds. The van der Waals surface area contributed by atoms with E-state index in [1.54, 1.807) is 18.5 Å². The van der Waals surface area contributed by atoms with E-state index >= 15 is 0 Å². The molecular weight excluding hydrogens is 236 g/mol. The quantitative estimate of drug-likeness (QED) is 0.782. The molecule has 0 aromatic carbocycles. The summed E-state index contributed by atoms with van der Waals surface area (Å²) in [6, 6.07) is 3.55. The van der Waals surface area contributed by atoms with Crippen LogP contribution in [0.5, 0.6) is 0 Å². The van der Waals surface area contributed by atoms with Gasteiger partial charge in [0.25, 0.3) is 0 Å². The number of carbonyl (C=O) groups is 3. The normalized spacial score (nSPS) is 17.0. The highest BCUT2D eigenvalue weighted by Crippen LogP contribution is 2.28. The zero-order valence-electron chi connectivity index (χ0n) is 9.57. The molecule has 1 N–H and O–H groups in total. The summed E-state index contributed by atoms with van der Waals surface area (Å²) in [5, 5.41) is 8.63. The lowest BCUT2D eigenvalue weighted by molar-refractivity contribution is -0.155. The Bertz CT molecular complexity index is 468. The summed E-state index contributed by atoms with van der Waals surface area (Å²) < 4.78 is 0. The maximum atomic E-state index is 11.7. The van der Waals surface area contributed by atoms with Gasteiger partial charge in [-0.1, -0.05) is 6.07 Å². The van der Waals surface area contributed by atoms with E-state index in [9.17, 15) is 14.4 Å². The molecule has 2 rings (SSSR count). The minimum Gasteiger partial charge on any atom is -0.480 e. The van der Waals surface area contributed by atoms with Crippen molar-refractivity contribution in [2.24, 2.45) is 0 Å². The van der Waals surface area contributed by atoms with Crippen LogP contribution in [0.3, 0.4) is 0 Å². The van der Waals surface area contributed by atoms with Crippen LogP contribution in [0.2, 0.25) is 0 Å². The number of carbonyl (C=O) groups excluding carboxylic acids is 2. The smallest absolute Gasteiger partial charge is 0.323 e. The Kier molecular flexibility index (Phi) is 3.36. The molecule has 0 bridgehead atoms. The molecule has 6 heteroatoms. The summed E-state index contributed by atoms with van der Waals surface area (Å²) in [6.07, 6.45) is 3.53. The second-order valence-corrected chi connectivity index (χ2v) is 4.16. The molecule has 1 aromatic rings. The third-order valence-corrected chi connectivity index (χ3v) is 2.89. The van der Waals surface area contributed by atoms with E-state index in [4.69, 9.17) is 5.11 Å². The number of carboxylic acid groups (broad SMARTS) is 1. The maximum absolute atomic E-state index is 11.7. The number of rotatable bonds is 3. The predicted octanol–water partition coefficient (Wildman–Crippen LogP) is 0.399. The van der Waals surface area contributed by atoms with Crippen LogP contribution in [0.15, 0.2) is 24.5 Å². The van der Waals surface area contributed by atoms with Crippen LogP contribution in [0.1, 0.15) is 24.3 Å². The van der Waals surface area contributed by atoms with Crippen molar-refractivity contribution in [3.63, 3.8) is 0 Å². The Labute approximate surface area is 103 Å². The number of piperidine rings is 1. The predicted molar refractivity (Wildman–Crippen MR) is 60.6 cm³/mol. The number of pyridine rings is 1. The zero-order valence-corrected chi connectivity index (χ0v) is 9.57. The fraction of sp³-hybridized carbons (Fsp3) is 0.333. The lowest BCUT2D eigenvalue weighted by atomic mass is 9.89. The number of hydrogen-bond acceptors (Lipinski definition) is 4. The van der Waals surface area contributed by atoms with E-state index in [2.05, 4.69) is 4.98 Å². The lowest BCUT2D eigenvalue weighted by Gasteiger charge is -2.28. The highest BCUT2D eigenvalue weighted by molar-refractivity contribution is 6.00. The molecule has 0 aliphatic carbocycles. The van der Waals surface area contributed by atoms with Gasteiger partial charge in [-0.2, -0.15) is 0 Å². The Hall–Kier alpha value is -2.24. The Balaban J connectivity index is 2.12. The topological polar surface area (TPSA) is 87.6 Å². The van der Waals surface area contributed by atoms with Crippen LogP contribution >= 0.6 is 0 Å². The fourth-order valence-electron chi connectivity index (χ4n) is 2.02. The molecule has 0 saturated carbocycles. The van der Waals surface area contributed by atoms with Gasteiger partial charge in [0.05, 0.1) is 0 Å². The zero-order chi connectivity index (χ0) is 13.1. The van der Waals surface area contributed by atoms with Crippen LogP contribution < -0.4 is 0 Å². The van der Waals surface area contributed by atoms with Crippen LogP contribution in [0.25, 0.3) is 0 Å². The van der Waals surface area contributed by atoms with Crippen LogP contribution in [0, 0.1) is 0 Å². The second-order valence-electron chi connectivity index (χ2n) is 4.16. The highest BCUT2D eigenvalue weighted by Gasteiger charge is 2.34. The Morgan fingerprint density at radius 3 is 2.56 bits per heavy atom. The van der Waals surface area contributed by atoms with E-state index in [1.165, 1.54) is 0 Å². The van der Waals surface area contributed by atoms with E-state index in [0.717, 1.165) is 10.5 Å². The van der Waals surface area contributed by atoms with Gasteiger partial charge in [-0.05, 0) is 11.6 Å². The van der Waals surface area contributed by atoms with Gasteiger partial charge in [-0.15, -0.1) is 0 Å². The number of amides is 2. The van der Waals surface area contributed by atoms with Gasteiger partial charge in [0.15, 0.2) is 0 Å². The molecule has 1 aromatic heterocycles. The van der Waals surface area contributed by atoms with Crippen molar-refractivity contribution in [3.05, 3.63) is 30.1 Å². The lowest BCUT2D eigenvalue weighted by Crippen LogP contribution is -2.45. The molecule has 0 unspecified atom stereocenters. The van der Waals surface area contributed by atoms with Crippen molar-refractivity contribution in [1.29, 1.82) is 0 Å². The minimum absolute atomic E-state index is 0.144. The fourth-order valence-corrected chi connectivity index (χ4v) is 2.02. The molecule has 1 aliphatic rings. The number of carboxylic acids is 1. The molecule has 1 fully saturated rings. The summed E-state index contributed by atoms with van der Waals surface area (Å²) in [7, 11) is 0. The van der Waals surface area contributed by atoms with Crippen molar-refractivity contribution in [3.8, 4) is 0 Å². The summed E-state index contributed by atoms with van der Waals surface area (Å²) in [5.41, 5.74) is 0.828. The Morgan fingerprint density at radius 2 is 2.06 bits per heavy atom. The van der Waals surface area contributed by atoms with E-state index < -0.39 is 24.3 Å². The second kappa shape index (κ2) is 4.95. The number of nitrogens with zero attached hydrogens (tertiary/aromatic N) is 2. The van der Waals surface area contributed by atoms with Gasteiger partial charge in [0.1, 0.15) is 6.54 Å². The number of aliphatic carboxylic acids is 1. The average molecular weight is 248 g/mol. The van der Waals surface area contributed by atoms with Crippen LogP contribution in [-0.2, 0) is 14.4 Å². The summed E-state index contributed by atoms with van der Waals surface area (Å²) in [5.74, 6) is -2.27. The first kappa shape index (κ1) is 12.2. The Morgan fingerprint density at radius 1 is 1.39 bits per heavy atom. The number of hydrogen-bond donors (Lipinski definition) is 1. The molecule has 6 nitrogen and oxygen atoms in total. The van der Waals surface area contributed by atoms with Crippen LogP contribution in [0.4, 0.5) is 0 Å². The third-order valence-electron chi connectivity index (χ3n) is 2.89. The number of aromatic nitrogens is 1. The summed E-state index contributed by atoms with van der Waals surface area (Å²) >= 11 is 0. The minimum atomic E-state index is -1.18. The van der Waals surface area contributed by atoms with E-state index in [-0.39, 0.29) is 18.8 Å². The van der Waals surface area contributed by atoms with Crippen molar-refractivity contribution in [2.75, 3.05) is 6.54 Å². The van der Waals surface area contributed by atoms with Gasteiger partial charge in [-0.3, -0.25) is 24.3 Å². The first-order valence-electron chi connectivity index (χ1n) is 5.53. The first-order valence-corrected chi connectivity index (χ1v) is 5.53. The van der Waals surface area contributed by atoms with Crippen molar-refractivity contribution < 1.29 is 19.5 Å². The molecule has 2 heterocycles. The van der Waals surface area contributed by atoms with Gasteiger partial charge in [0, 0.05) is 31.2 Å². The SMILES string of the molecule is O=C(O)CN1C(=O)CC(c2cccnc2)CC1=O. The highest BCUT2D eigenvalue weighted by atomic mass is 16.4. The standard InChI is InChI=1S/C12H12N2O4/c15-10-4-9(8-2-1-3-13-6-8)5-11(16)14(10)7-12(17)18/h1-3,6,9H,4-5,7H2,(H,17,18).